The summed E-state index contributed by atoms with van der Waals surface area (Å²) in [5, 5.41) is 1.50. The molecular weight excluding hydrogens is 206 g/mol. The molecule has 2 unspecified atom stereocenters. The second kappa shape index (κ2) is 4.35. The van der Waals surface area contributed by atoms with E-state index in [-0.39, 0.29) is 5.92 Å². The first-order valence-electron chi connectivity index (χ1n) is 5.29. The maximum atomic E-state index is 11.4. The number of thioether (sulfide) groups is 1. The van der Waals surface area contributed by atoms with E-state index in [1.165, 1.54) is 5.56 Å². The van der Waals surface area contributed by atoms with Gasteiger partial charge in [0.25, 0.3) is 0 Å². The van der Waals surface area contributed by atoms with Gasteiger partial charge < -0.3 is 0 Å². The van der Waals surface area contributed by atoms with Crippen molar-refractivity contribution in [3.8, 4) is 0 Å². The molecule has 1 aromatic rings. The second-order valence-corrected chi connectivity index (χ2v) is 5.30. The van der Waals surface area contributed by atoms with Crippen molar-refractivity contribution in [2.75, 3.05) is 0 Å². The average Bonchev–Trinajstić information content (AvgIpc) is 2.53. The van der Waals surface area contributed by atoms with Crippen molar-refractivity contribution >= 4 is 17.5 Å². The molecule has 2 atom stereocenters. The van der Waals surface area contributed by atoms with Gasteiger partial charge in [-0.05, 0) is 25.0 Å². The standard InChI is InChI=1S/C12H15NOS/c1-8-4-3-7-13-12(8)15-11-6-5-10(14)9(11)2/h3-4,7,9,11H,5-6H2,1-2H3. The van der Waals surface area contributed by atoms with E-state index in [4.69, 9.17) is 0 Å². The molecule has 1 aliphatic carbocycles. The summed E-state index contributed by atoms with van der Waals surface area (Å²) in [5.41, 5.74) is 1.20. The lowest BCUT2D eigenvalue weighted by Crippen LogP contribution is -2.12. The lowest BCUT2D eigenvalue weighted by molar-refractivity contribution is -0.120. The fourth-order valence-corrected chi connectivity index (χ4v) is 3.12. The van der Waals surface area contributed by atoms with Gasteiger partial charge in [-0.1, -0.05) is 13.0 Å². The van der Waals surface area contributed by atoms with Crippen LogP contribution >= 0.6 is 11.8 Å². The number of hydrogen-bond acceptors (Lipinski definition) is 3. The molecule has 1 aliphatic rings. The number of aryl methyl sites for hydroxylation is 1. The minimum absolute atomic E-state index is 0.191. The van der Waals surface area contributed by atoms with Crippen molar-refractivity contribution in [3.05, 3.63) is 23.9 Å². The zero-order valence-electron chi connectivity index (χ0n) is 9.06. The van der Waals surface area contributed by atoms with Crippen LogP contribution in [0.4, 0.5) is 0 Å². The Labute approximate surface area is 94.5 Å². The number of rotatable bonds is 2. The van der Waals surface area contributed by atoms with E-state index in [1.54, 1.807) is 11.8 Å². The highest BCUT2D eigenvalue weighted by molar-refractivity contribution is 8.00. The molecule has 3 heteroatoms. The summed E-state index contributed by atoms with van der Waals surface area (Å²) in [6.45, 7) is 4.10. The van der Waals surface area contributed by atoms with Gasteiger partial charge >= 0.3 is 0 Å². The highest BCUT2D eigenvalue weighted by atomic mass is 32.2. The molecule has 0 aliphatic heterocycles. The maximum absolute atomic E-state index is 11.4. The Morgan fingerprint density at radius 2 is 2.33 bits per heavy atom. The van der Waals surface area contributed by atoms with Crippen molar-refractivity contribution < 1.29 is 4.79 Å². The number of carbonyl (C=O) groups is 1. The molecule has 1 saturated carbocycles. The Kier molecular flexibility index (Phi) is 3.10. The average molecular weight is 221 g/mol. The quantitative estimate of drug-likeness (QED) is 0.769. The predicted molar refractivity (Wildman–Crippen MR) is 62.0 cm³/mol. The number of nitrogens with zero attached hydrogens (tertiary/aromatic N) is 1. The van der Waals surface area contributed by atoms with E-state index >= 15 is 0 Å². The SMILES string of the molecule is Cc1cccnc1SC1CCC(=O)C1C. The minimum Gasteiger partial charge on any atom is -0.299 e. The molecule has 0 radical (unpaired) electrons. The Morgan fingerprint density at radius 3 is 2.93 bits per heavy atom. The number of pyridine rings is 1. The molecule has 0 saturated heterocycles. The molecule has 0 N–H and O–H groups in total. The Bertz CT molecular complexity index is 378. The van der Waals surface area contributed by atoms with Gasteiger partial charge in [-0.2, -0.15) is 0 Å². The monoisotopic (exact) mass is 221 g/mol. The summed E-state index contributed by atoms with van der Waals surface area (Å²) in [6.07, 6.45) is 3.56. The lowest BCUT2D eigenvalue weighted by Gasteiger charge is -2.13. The molecule has 2 rings (SSSR count). The fraction of sp³-hybridized carbons (Fsp3) is 0.500. The summed E-state index contributed by atoms with van der Waals surface area (Å²) in [7, 11) is 0. The molecule has 80 valence electrons. The van der Waals surface area contributed by atoms with Gasteiger partial charge in [-0.25, -0.2) is 4.98 Å². The van der Waals surface area contributed by atoms with Gasteiger partial charge in [-0.15, -0.1) is 11.8 Å². The van der Waals surface area contributed by atoms with Gasteiger partial charge in [0, 0.05) is 23.8 Å². The van der Waals surface area contributed by atoms with Gasteiger partial charge in [0.1, 0.15) is 5.78 Å². The van der Waals surface area contributed by atoms with E-state index < -0.39 is 0 Å². The van der Waals surface area contributed by atoms with Gasteiger partial charge in [-0.3, -0.25) is 4.79 Å². The Balaban J connectivity index is 2.10. The van der Waals surface area contributed by atoms with E-state index in [2.05, 4.69) is 18.0 Å². The van der Waals surface area contributed by atoms with E-state index in [1.807, 2.05) is 19.2 Å². The smallest absolute Gasteiger partial charge is 0.136 e. The molecule has 1 aromatic heterocycles. The van der Waals surface area contributed by atoms with E-state index in [0.717, 1.165) is 17.9 Å². The molecular formula is C12H15NOS. The molecule has 15 heavy (non-hydrogen) atoms. The molecule has 1 fully saturated rings. The zero-order valence-corrected chi connectivity index (χ0v) is 9.88. The molecule has 0 amide bonds. The van der Waals surface area contributed by atoms with Crippen LogP contribution in [-0.2, 0) is 4.79 Å². The molecule has 0 bridgehead atoms. The summed E-state index contributed by atoms with van der Waals surface area (Å²) in [5.74, 6) is 0.595. The van der Waals surface area contributed by atoms with Gasteiger partial charge in [0.15, 0.2) is 0 Å². The Morgan fingerprint density at radius 1 is 1.53 bits per heavy atom. The highest BCUT2D eigenvalue weighted by Crippen LogP contribution is 2.36. The normalized spacial score (nSPS) is 25.9. The minimum atomic E-state index is 0.191. The number of ketones is 1. The van der Waals surface area contributed by atoms with Crippen LogP contribution in [0.5, 0.6) is 0 Å². The topological polar surface area (TPSA) is 30.0 Å². The number of carbonyl (C=O) groups excluding carboxylic acids is 1. The summed E-state index contributed by atoms with van der Waals surface area (Å²) in [4.78, 5) is 15.8. The molecule has 0 spiro atoms. The number of aromatic nitrogens is 1. The van der Waals surface area contributed by atoms with Crippen LogP contribution in [-0.4, -0.2) is 16.0 Å². The third-order valence-electron chi connectivity index (χ3n) is 2.97. The third kappa shape index (κ3) is 2.23. The fourth-order valence-electron chi connectivity index (χ4n) is 1.87. The first-order valence-corrected chi connectivity index (χ1v) is 6.17. The first-order chi connectivity index (χ1) is 7.18. The maximum Gasteiger partial charge on any atom is 0.136 e. The van der Waals surface area contributed by atoms with E-state index in [0.29, 0.717) is 11.0 Å². The largest absolute Gasteiger partial charge is 0.299 e. The van der Waals surface area contributed by atoms with E-state index in [9.17, 15) is 4.79 Å². The lowest BCUT2D eigenvalue weighted by atomic mass is 10.1. The second-order valence-electron chi connectivity index (χ2n) is 4.08. The van der Waals surface area contributed by atoms with Crippen molar-refractivity contribution in [2.45, 2.75) is 37.0 Å². The van der Waals surface area contributed by atoms with Crippen molar-refractivity contribution in [3.63, 3.8) is 0 Å². The first kappa shape index (κ1) is 10.7. The van der Waals surface area contributed by atoms with Crippen LogP contribution in [0.2, 0.25) is 0 Å². The van der Waals surface area contributed by atoms with Crippen LogP contribution in [0, 0.1) is 12.8 Å². The summed E-state index contributed by atoms with van der Waals surface area (Å²) in [6, 6.07) is 4.01. The van der Waals surface area contributed by atoms with Gasteiger partial charge in [0.2, 0.25) is 0 Å². The van der Waals surface area contributed by atoms with Crippen LogP contribution in [0.3, 0.4) is 0 Å². The van der Waals surface area contributed by atoms with Crippen LogP contribution in [0.1, 0.15) is 25.3 Å². The zero-order chi connectivity index (χ0) is 10.8. The number of hydrogen-bond donors (Lipinski definition) is 0. The van der Waals surface area contributed by atoms with Crippen LogP contribution < -0.4 is 0 Å². The molecule has 1 heterocycles. The van der Waals surface area contributed by atoms with Gasteiger partial charge in [0.05, 0.1) is 5.03 Å². The molecule has 0 aromatic carbocycles. The highest BCUT2D eigenvalue weighted by Gasteiger charge is 2.31. The van der Waals surface area contributed by atoms with Crippen LogP contribution in [0.15, 0.2) is 23.4 Å². The number of Topliss-reactive ketones (excluding diaryl/α,β-unsaturated/α-hetero) is 1. The summed E-state index contributed by atoms with van der Waals surface area (Å²) >= 11 is 1.76. The van der Waals surface area contributed by atoms with Crippen molar-refractivity contribution in [1.82, 2.24) is 4.98 Å². The summed E-state index contributed by atoms with van der Waals surface area (Å²) < 4.78 is 0. The third-order valence-corrected chi connectivity index (χ3v) is 4.56. The van der Waals surface area contributed by atoms with Crippen LogP contribution in [0.25, 0.3) is 0 Å². The van der Waals surface area contributed by atoms with Crippen molar-refractivity contribution in [2.24, 2.45) is 5.92 Å². The Hall–Kier alpha value is -0.830. The van der Waals surface area contributed by atoms with Crippen molar-refractivity contribution in [1.29, 1.82) is 0 Å². The predicted octanol–water partition coefficient (Wildman–Crippen LogP) is 2.85. The molecule has 2 nitrogen and oxygen atoms in total.